The van der Waals surface area contributed by atoms with Crippen LogP contribution in [0.15, 0.2) is 60.2 Å². The molecule has 0 aliphatic rings. The van der Waals surface area contributed by atoms with Crippen molar-refractivity contribution in [2.24, 2.45) is 0 Å². The molecule has 2 aromatic heterocycles. The lowest BCUT2D eigenvalue weighted by atomic mass is 10.1. The molecule has 172 valence electrons. The molecule has 0 unspecified atom stereocenters. The molecule has 0 aliphatic carbocycles. The van der Waals surface area contributed by atoms with E-state index in [1.54, 1.807) is 43.3 Å². The number of benzene rings is 2. The van der Waals surface area contributed by atoms with Crippen molar-refractivity contribution in [1.82, 2.24) is 9.97 Å². The smallest absolute Gasteiger partial charge is 0.232 e. The monoisotopic (exact) mass is 487 g/mol. The number of hydrogen-bond acceptors (Lipinski definition) is 7. The normalized spacial score (nSPS) is 11.5. The van der Waals surface area contributed by atoms with Crippen molar-refractivity contribution < 1.29 is 22.3 Å². The fourth-order valence-electron chi connectivity index (χ4n) is 3.12. The lowest BCUT2D eigenvalue weighted by molar-refractivity contribution is 0.244. The fourth-order valence-corrected chi connectivity index (χ4v) is 4.65. The molecule has 0 fully saturated rings. The number of ether oxygens (including phenoxy) is 2. The highest BCUT2D eigenvalue weighted by Gasteiger charge is 2.14. The Balaban J connectivity index is 1.36. The number of thiophene rings is 1. The number of rotatable bonds is 10. The average molecular weight is 488 g/mol. The van der Waals surface area contributed by atoms with Crippen LogP contribution in [0.25, 0.3) is 21.3 Å². The second-order valence-corrected chi connectivity index (χ2v) is 9.97. The lowest BCUT2D eigenvalue weighted by Crippen LogP contribution is -2.14. The van der Waals surface area contributed by atoms with Crippen LogP contribution < -0.4 is 14.2 Å². The summed E-state index contributed by atoms with van der Waals surface area (Å²) in [6.45, 7) is 2.33. The molecule has 0 aliphatic heterocycles. The van der Waals surface area contributed by atoms with Gasteiger partial charge in [0.1, 0.15) is 22.7 Å². The maximum atomic E-state index is 13.3. The minimum absolute atomic E-state index is 0.00125. The minimum atomic E-state index is -3.34. The van der Waals surface area contributed by atoms with Gasteiger partial charge in [0.15, 0.2) is 0 Å². The predicted octanol–water partition coefficient (Wildman–Crippen LogP) is 5.11. The molecule has 10 heteroatoms. The molecule has 0 spiro atoms. The molecule has 7 nitrogen and oxygen atoms in total. The van der Waals surface area contributed by atoms with Crippen molar-refractivity contribution in [2.75, 3.05) is 23.7 Å². The minimum Gasteiger partial charge on any atom is -0.493 e. The highest BCUT2D eigenvalue weighted by atomic mass is 32.2. The summed E-state index contributed by atoms with van der Waals surface area (Å²) in [4.78, 5) is 9.39. The van der Waals surface area contributed by atoms with E-state index in [4.69, 9.17) is 9.47 Å². The van der Waals surface area contributed by atoms with Crippen LogP contribution in [0.3, 0.4) is 0 Å². The molecule has 0 saturated carbocycles. The number of fused-ring (bicyclic) bond motifs is 1. The molecule has 33 heavy (non-hydrogen) atoms. The van der Waals surface area contributed by atoms with Crippen molar-refractivity contribution in [1.29, 1.82) is 0 Å². The Bertz CT molecular complexity index is 1340. The van der Waals surface area contributed by atoms with E-state index in [1.807, 2.05) is 5.38 Å². The molecule has 2 heterocycles. The van der Waals surface area contributed by atoms with Gasteiger partial charge >= 0.3 is 0 Å². The van der Waals surface area contributed by atoms with Gasteiger partial charge in [-0.15, -0.1) is 11.3 Å². The third-order valence-corrected chi connectivity index (χ3v) is 6.97. The van der Waals surface area contributed by atoms with Gasteiger partial charge < -0.3 is 9.47 Å². The molecule has 2 aromatic carbocycles. The number of sulfonamides is 1. The van der Waals surface area contributed by atoms with Crippen molar-refractivity contribution in [3.63, 3.8) is 0 Å². The fraction of sp³-hybridized carbons (Fsp3) is 0.217. The van der Waals surface area contributed by atoms with Gasteiger partial charge in [-0.3, -0.25) is 4.72 Å². The summed E-state index contributed by atoms with van der Waals surface area (Å²) in [6.07, 6.45) is 2.05. The van der Waals surface area contributed by atoms with Gasteiger partial charge in [0.2, 0.25) is 15.9 Å². The first-order chi connectivity index (χ1) is 15.9. The number of hydrogen-bond donors (Lipinski definition) is 1. The van der Waals surface area contributed by atoms with Crippen LogP contribution >= 0.6 is 11.3 Å². The van der Waals surface area contributed by atoms with E-state index in [0.29, 0.717) is 37.0 Å². The number of aromatic nitrogens is 2. The second kappa shape index (κ2) is 10.1. The first-order valence-electron chi connectivity index (χ1n) is 10.3. The van der Waals surface area contributed by atoms with E-state index in [9.17, 15) is 12.8 Å². The number of nitrogens with one attached hydrogen (secondary N) is 1. The Kier molecular flexibility index (Phi) is 7.05. The third-order valence-electron chi connectivity index (χ3n) is 4.77. The molecule has 0 saturated heterocycles. The molecule has 0 radical (unpaired) electrons. The zero-order chi connectivity index (χ0) is 23.3. The van der Waals surface area contributed by atoms with E-state index in [2.05, 4.69) is 14.7 Å². The molecular weight excluding hydrogens is 465 g/mol. The van der Waals surface area contributed by atoms with Gasteiger partial charge in [-0.05, 0) is 36.8 Å². The maximum absolute atomic E-state index is 13.3. The van der Waals surface area contributed by atoms with Crippen molar-refractivity contribution in [3.05, 3.63) is 66.1 Å². The molecular formula is C23H22FN3O4S2. The SMILES string of the molecule is CCS(=O)(=O)Nc1cccc(OCCCOc2ncnc3scc(-c4ccc(F)cc4)c23)c1. The molecule has 0 bridgehead atoms. The highest BCUT2D eigenvalue weighted by Crippen LogP contribution is 2.37. The number of anilines is 1. The predicted molar refractivity (Wildman–Crippen MR) is 128 cm³/mol. The van der Waals surface area contributed by atoms with Gasteiger partial charge in [-0.1, -0.05) is 18.2 Å². The molecule has 4 aromatic rings. The van der Waals surface area contributed by atoms with Crippen LogP contribution in [-0.2, 0) is 10.0 Å². The van der Waals surface area contributed by atoms with Gasteiger partial charge in [-0.2, -0.15) is 0 Å². The zero-order valence-electron chi connectivity index (χ0n) is 17.8. The van der Waals surface area contributed by atoms with E-state index >= 15 is 0 Å². The Hall–Kier alpha value is -3.24. The second-order valence-electron chi connectivity index (χ2n) is 7.10. The van der Waals surface area contributed by atoms with Crippen molar-refractivity contribution in [3.8, 4) is 22.8 Å². The number of nitrogens with zero attached hydrogens (tertiary/aromatic N) is 2. The van der Waals surface area contributed by atoms with Crippen LogP contribution in [0.2, 0.25) is 0 Å². The summed E-state index contributed by atoms with van der Waals surface area (Å²) in [5.41, 5.74) is 2.22. The van der Waals surface area contributed by atoms with Crippen LogP contribution in [-0.4, -0.2) is 37.4 Å². The van der Waals surface area contributed by atoms with E-state index < -0.39 is 10.0 Å². The van der Waals surface area contributed by atoms with Gasteiger partial charge in [0.05, 0.1) is 30.0 Å². The third kappa shape index (κ3) is 5.77. The first kappa shape index (κ1) is 22.9. The Morgan fingerprint density at radius 1 is 1.06 bits per heavy atom. The topological polar surface area (TPSA) is 90.4 Å². The maximum Gasteiger partial charge on any atom is 0.232 e. The van der Waals surface area contributed by atoms with Crippen LogP contribution in [0, 0.1) is 5.82 Å². The van der Waals surface area contributed by atoms with Gasteiger partial charge in [-0.25, -0.2) is 22.8 Å². The summed E-state index contributed by atoms with van der Waals surface area (Å²) in [6, 6.07) is 13.1. The van der Waals surface area contributed by atoms with E-state index in [1.165, 1.54) is 29.8 Å². The Labute approximate surface area is 195 Å². The van der Waals surface area contributed by atoms with Crippen molar-refractivity contribution in [2.45, 2.75) is 13.3 Å². The summed E-state index contributed by atoms with van der Waals surface area (Å²) >= 11 is 1.48. The summed E-state index contributed by atoms with van der Waals surface area (Å²) < 4.78 is 50.9. The van der Waals surface area contributed by atoms with E-state index in [-0.39, 0.29) is 11.6 Å². The highest BCUT2D eigenvalue weighted by molar-refractivity contribution is 7.92. The molecule has 0 atom stereocenters. The molecule has 1 N–H and O–H groups in total. The summed E-state index contributed by atoms with van der Waals surface area (Å²) in [5.74, 6) is 0.738. The largest absolute Gasteiger partial charge is 0.493 e. The quantitative estimate of drug-likeness (QED) is 0.313. The van der Waals surface area contributed by atoms with Gasteiger partial charge in [0.25, 0.3) is 0 Å². The number of halogens is 1. The van der Waals surface area contributed by atoms with Crippen LogP contribution in [0.4, 0.5) is 10.1 Å². The Morgan fingerprint density at radius 2 is 1.85 bits per heavy atom. The molecule has 0 amide bonds. The zero-order valence-corrected chi connectivity index (χ0v) is 19.5. The van der Waals surface area contributed by atoms with Crippen LogP contribution in [0.1, 0.15) is 13.3 Å². The summed E-state index contributed by atoms with van der Waals surface area (Å²) in [7, 11) is -3.34. The first-order valence-corrected chi connectivity index (χ1v) is 12.8. The standard InChI is InChI=1S/C23H22FN3O4S2/c1-2-33(28,29)27-18-5-3-6-19(13-18)30-11-4-12-31-22-21-20(14-32-23(21)26-15-25-22)16-7-9-17(24)10-8-16/h3,5-10,13-15,27H,2,4,11-12H2,1H3. The Morgan fingerprint density at radius 3 is 2.64 bits per heavy atom. The summed E-state index contributed by atoms with van der Waals surface area (Å²) in [5, 5.41) is 2.76. The van der Waals surface area contributed by atoms with E-state index in [0.717, 1.165) is 21.3 Å². The lowest BCUT2D eigenvalue weighted by Gasteiger charge is -2.11. The van der Waals surface area contributed by atoms with Crippen molar-refractivity contribution >= 4 is 37.3 Å². The van der Waals surface area contributed by atoms with Crippen LogP contribution in [0.5, 0.6) is 11.6 Å². The molecule has 4 rings (SSSR count). The average Bonchev–Trinajstić information content (AvgIpc) is 3.24. The van der Waals surface area contributed by atoms with Gasteiger partial charge in [0, 0.05) is 23.4 Å².